The molecule has 0 spiro atoms. The lowest BCUT2D eigenvalue weighted by Crippen LogP contribution is -2.52. The molecule has 1 aliphatic carbocycles. The van der Waals surface area contributed by atoms with Crippen LogP contribution in [-0.4, -0.2) is 27.2 Å². The molecule has 4 atom stereocenters. The van der Waals surface area contributed by atoms with Gasteiger partial charge in [0.05, 0.1) is 12.1 Å². The summed E-state index contributed by atoms with van der Waals surface area (Å²) in [7, 11) is 0. The van der Waals surface area contributed by atoms with E-state index >= 15 is 4.39 Å². The molecule has 4 heterocycles. The van der Waals surface area contributed by atoms with E-state index < -0.39 is 11.9 Å². The van der Waals surface area contributed by atoms with E-state index in [9.17, 15) is 4.79 Å². The van der Waals surface area contributed by atoms with Crippen LogP contribution in [0.5, 0.6) is 0 Å². The number of aryl methyl sites for hydroxylation is 1. The second-order valence-electron chi connectivity index (χ2n) is 10.4. The molecule has 36 heavy (non-hydrogen) atoms. The molecule has 1 N–H and O–H groups in total. The summed E-state index contributed by atoms with van der Waals surface area (Å²) in [5.41, 5.74) is 4.00. The number of pyridine rings is 1. The second kappa shape index (κ2) is 9.36. The highest BCUT2D eigenvalue weighted by Crippen LogP contribution is 2.41. The van der Waals surface area contributed by atoms with Crippen molar-refractivity contribution in [2.45, 2.75) is 70.2 Å². The van der Waals surface area contributed by atoms with Crippen molar-refractivity contribution in [3.8, 4) is 0 Å². The Morgan fingerprint density at radius 3 is 2.78 bits per heavy atom. The van der Waals surface area contributed by atoms with Crippen molar-refractivity contribution in [3.63, 3.8) is 0 Å². The fraction of sp³-hybridized carbons (Fsp3) is 0.464. The van der Waals surface area contributed by atoms with Crippen LogP contribution in [-0.2, 0) is 11.3 Å². The topological polar surface area (TPSA) is 69.0 Å². The summed E-state index contributed by atoms with van der Waals surface area (Å²) in [4.78, 5) is 22.6. The molecule has 3 aliphatic rings. The van der Waals surface area contributed by atoms with Gasteiger partial charge in [-0.05, 0) is 75.3 Å². The molecule has 1 aromatic carbocycles. The van der Waals surface area contributed by atoms with Crippen molar-refractivity contribution in [1.82, 2.24) is 19.9 Å². The third-order valence-electron chi connectivity index (χ3n) is 8.03. The van der Waals surface area contributed by atoms with Crippen LogP contribution >= 0.6 is 11.6 Å². The number of ether oxygens (including phenoxy) is 1. The largest absolute Gasteiger partial charge is 0.374 e. The van der Waals surface area contributed by atoms with Crippen molar-refractivity contribution in [2.24, 2.45) is 5.92 Å². The monoisotopic (exact) mass is 508 g/mol. The fourth-order valence-corrected chi connectivity index (χ4v) is 5.81. The van der Waals surface area contributed by atoms with Crippen molar-refractivity contribution in [2.75, 3.05) is 6.61 Å². The highest BCUT2D eigenvalue weighted by molar-refractivity contribution is 6.30. The lowest BCUT2D eigenvalue weighted by molar-refractivity contribution is -0.0226. The molecule has 1 saturated heterocycles. The van der Waals surface area contributed by atoms with Gasteiger partial charge in [-0.25, -0.2) is 9.37 Å². The Balaban J connectivity index is 1.34. The zero-order valence-electron chi connectivity index (χ0n) is 20.5. The Morgan fingerprint density at radius 2 is 2.00 bits per heavy atom. The Morgan fingerprint density at radius 1 is 1.17 bits per heavy atom. The number of halogens is 2. The van der Waals surface area contributed by atoms with Crippen molar-refractivity contribution < 1.29 is 9.13 Å². The van der Waals surface area contributed by atoms with E-state index in [0.717, 1.165) is 18.5 Å². The first-order valence-corrected chi connectivity index (χ1v) is 13.1. The molecule has 0 radical (unpaired) electrons. The molecular weight excluding hydrogens is 479 g/mol. The molecule has 2 fully saturated rings. The van der Waals surface area contributed by atoms with E-state index in [1.807, 2.05) is 13.1 Å². The quantitative estimate of drug-likeness (QED) is 0.527. The van der Waals surface area contributed by atoms with Gasteiger partial charge >= 0.3 is 0 Å². The third-order valence-corrected chi connectivity index (χ3v) is 8.26. The van der Waals surface area contributed by atoms with Gasteiger partial charge in [-0.2, -0.15) is 0 Å². The summed E-state index contributed by atoms with van der Waals surface area (Å²) < 4.78 is 23.0. The van der Waals surface area contributed by atoms with Gasteiger partial charge in [0.15, 0.2) is 0 Å². The molecule has 188 valence electrons. The smallest absolute Gasteiger partial charge is 0.256 e. The number of nitrogens with one attached hydrogen (secondary N) is 1. The van der Waals surface area contributed by atoms with Crippen LogP contribution in [0.15, 0.2) is 41.3 Å². The van der Waals surface area contributed by atoms with E-state index in [-0.39, 0.29) is 23.6 Å². The van der Waals surface area contributed by atoms with E-state index in [1.165, 1.54) is 24.5 Å². The Bertz CT molecular complexity index is 1370. The van der Waals surface area contributed by atoms with Crippen molar-refractivity contribution >= 4 is 11.6 Å². The molecular formula is C28H30ClFN4O2. The predicted octanol–water partition coefficient (Wildman–Crippen LogP) is 5.15. The molecule has 0 amide bonds. The number of hydrogen-bond acceptors (Lipinski definition) is 5. The highest BCUT2D eigenvalue weighted by atomic mass is 35.5. The summed E-state index contributed by atoms with van der Waals surface area (Å²) in [5.74, 6) is 0.976. The minimum absolute atomic E-state index is 0.0206. The first kappa shape index (κ1) is 23.8. The average molecular weight is 509 g/mol. The number of fused-ring (bicyclic) bond motifs is 1. The number of rotatable bonds is 4. The lowest BCUT2D eigenvalue weighted by Gasteiger charge is -2.41. The van der Waals surface area contributed by atoms with E-state index in [0.29, 0.717) is 46.7 Å². The van der Waals surface area contributed by atoms with Crippen LogP contribution < -0.4 is 10.9 Å². The zero-order valence-corrected chi connectivity index (χ0v) is 21.3. The summed E-state index contributed by atoms with van der Waals surface area (Å²) in [6.45, 7) is 4.77. The van der Waals surface area contributed by atoms with Gasteiger partial charge in [0.2, 0.25) is 0 Å². The van der Waals surface area contributed by atoms with Gasteiger partial charge in [-0.3, -0.25) is 19.7 Å². The minimum Gasteiger partial charge on any atom is -0.374 e. The molecule has 4 unspecified atom stereocenters. The molecule has 6 rings (SSSR count). The lowest BCUT2D eigenvalue weighted by atomic mass is 9.84. The van der Waals surface area contributed by atoms with Crippen molar-refractivity contribution in [3.05, 3.63) is 91.6 Å². The minimum atomic E-state index is -0.545. The highest BCUT2D eigenvalue weighted by Gasteiger charge is 2.38. The number of aromatic nitrogens is 3. The normalized spacial score (nSPS) is 26.0. The summed E-state index contributed by atoms with van der Waals surface area (Å²) in [5, 5.41) is 4.01. The molecule has 0 bridgehead atoms. The Kier molecular flexibility index (Phi) is 6.18. The Labute approximate surface area is 214 Å². The summed E-state index contributed by atoms with van der Waals surface area (Å²) in [6.07, 6.45) is 5.98. The molecule has 6 nitrogen and oxygen atoms in total. The van der Waals surface area contributed by atoms with Crippen LogP contribution in [0.2, 0.25) is 5.02 Å². The zero-order chi connectivity index (χ0) is 25.0. The van der Waals surface area contributed by atoms with Gasteiger partial charge in [-0.1, -0.05) is 17.7 Å². The standard InChI is InChI=1S/C28H30ClFN4O2/c1-15-16(2)32-27-26(21-6-5-20(29)13-22(21)30)33-24(14-34(27)28(15)35)18-8-10-36-25(12-18)19-7-9-31-23(11-19)17-3-4-17/h5-7,9,11,13,17-18,24-26,33H,3-4,8,10,12,14H2,1-2H3. The fourth-order valence-electron chi connectivity index (χ4n) is 5.65. The van der Waals surface area contributed by atoms with Crippen LogP contribution in [0.4, 0.5) is 4.39 Å². The maximum absolute atomic E-state index is 15.1. The van der Waals surface area contributed by atoms with Gasteiger partial charge in [0.1, 0.15) is 11.6 Å². The van der Waals surface area contributed by atoms with Gasteiger partial charge < -0.3 is 4.74 Å². The molecule has 1 saturated carbocycles. The van der Waals surface area contributed by atoms with E-state index in [2.05, 4.69) is 22.4 Å². The average Bonchev–Trinajstić information content (AvgIpc) is 3.73. The van der Waals surface area contributed by atoms with Gasteiger partial charge in [0.25, 0.3) is 5.56 Å². The van der Waals surface area contributed by atoms with Crippen molar-refractivity contribution in [1.29, 1.82) is 0 Å². The van der Waals surface area contributed by atoms with Crippen LogP contribution in [0, 0.1) is 25.6 Å². The van der Waals surface area contributed by atoms with E-state index in [1.54, 1.807) is 23.6 Å². The summed E-state index contributed by atoms with van der Waals surface area (Å²) in [6, 6.07) is 8.35. The van der Waals surface area contributed by atoms with Crippen LogP contribution in [0.1, 0.15) is 77.6 Å². The molecule has 3 aromatic rings. The predicted molar refractivity (Wildman–Crippen MR) is 136 cm³/mol. The number of hydrogen-bond donors (Lipinski definition) is 1. The molecule has 2 aromatic heterocycles. The number of nitrogens with zero attached hydrogens (tertiary/aromatic N) is 3. The Hall–Kier alpha value is -2.61. The SMILES string of the molecule is Cc1nc2n(c(=O)c1C)CC(C1CCOC(c3ccnc(C4CC4)c3)C1)NC2c1ccc(Cl)cc1F. The maximum atomic E-state index is 15.1. The summed E-state index contributed by atoms with van der Waals surface area (Å²) >= 11 is 6.04. The third kappa shape index (κ3) is 4.38. The first-order valence-electron chi connectivity index (χ1n) is 12.8. The molecule has 2 aliphatic heterocycles. The maximum Gasteiger partial charge on any atom is 0.256 e. The second-order valence-corrected chi connectivity index (χ2v) is 10.8. The number of benzene rings is 1. The van der Waals surface area contributed by atoms with Gasteiger partial charge in [0, 0.05) is 58.8 Å². The van der Waals surface area contributed by atoms with Gasteiger partial charge in [-0.15, -0.1) is 0 Å². The molecule has 8 heteroatoms. The first-order chi connectivity index (χ1) is 17.4. The van der Waals surface area contributed by atoms with Crippen LogP contribution in [0.3, 0.4) is 0 Å². The van der Waals surface area contributed by atoms with E-state index in [4.69, 9.17) is 21.3 Å². The van der Waals surface area contributed by atoms with Crippen LogP contribution in [0.25, 0.3) is 0 Å².